The number of rotatable bonds is 4. The number of hydrogen-bond donors (Lipinski definition) is 0. The third-order valence-electron chi connectivity index (χ3n) is 4.44. The lowest BCUT2D eigenvalue weighted by Crippen LogP contribution is -2.50. The highest BCUT2D eigenvalue weighted by Gasteiger charge is 2.34. The first kappa shape index (κ1) is 20.2. The molecule has 3 rings (SSSR count). The Kier molecular flexibility index (Phi) is 5.61. The predicted molar refractivity (Wildman–Crippen MR) is 94.0 cm³/mol. The number of methoxy groups -OCH3 is 1. The Morgan fingerprint density at radius 3 is 2.11 bits per heavy atom. The molecule has 1 saturated heterocycles. The summed E-state index contributed by atoms with van der Waals surface area (Å²) in [5.41, 5.74) is 0.0924. The van der Waals surface area contributed by atoms with Gasteiger partial charge in [-0.2, -0.15) is 4.31 Å². The fourth-order valence-electron chi connectivity index (χ4n) is 2.97. The van der Waals surface area contributed by atoms with E-state index in [1.807, 2.05) is 0 Å². The zero-order valence-corrected chi connectivity index (χ0v) is 15.7. The van der Waals surface area contributed by atoms with Gasteiger partial charge in [-0.3, -0.25) is 4.79 Å². The summed E-state index contributed by atoms with van der Waals surface area (Å²) in [5.74, 6) is -3.51. The van der Waals surface area contributed by atoms with Crippen molar-refractivity contribution >= 4 is 15.9 Å². The summed E-state index contributed by atoms with van der Waals surface area (Å²) in [5, 5.41) is 0. The largest absolute Gasteiger partial charge is 0.494 e. The normalized spacial score (nSPS) is 15.5. The minimum Gasteiger partial charge on any atom is -0.494 e. The molecule has 0 aliphatic carbocycles. The minimum absolute atomic E-state index is 0.000577. The van der Waals surface area contributed by atoms with Gasteiger partial charge in [0.25, 0.3) is 5.91 Å². The van der Waals surface area contributed by atoms with E-state index in [0.29, 0.717) is 0 Å². The van der Waals surface area contributed by atoms with Crippen molar-refractivity contribution in [1.29, 1.82) is 0 Å². The van der Waals surface area contributed by atoms with Gasteiger partial charge in [-0.25, -0.2) is 21.6 Å². The topological polar surface area (TPSA) is 66.9 Å². The number of ether oxygens (including phenoxy) is 1. The Morgan fingerprint density at radius 1 is 0.964 bits per heavy atom. The van der Waals surface area contributed by atoms with Crippen molar-refractivity contribution in [2.75, 3.05) is 33.3 Å². The Bertz CT molecular complexity index is 986. The number of nitrogens with zero attached hydrogens (tertiary/aromatic N) is 2. The van der Waals surface area contributed by atoms with Gasteiger partial charge in [0, 0.05) is 31.7 Å². The Balaban J connectivity index is 1.74. The summed E-state index contributed by atoms with van der Waals surface area (Å²) in [6.45, 7) is -0.273. The van der Waals surface area contributed by atoms with Gasteiger partial charge in [0.1, 0.15) is 11.6 Å². The number of sulfonamides is 1. The molecule has 0 spiro atoms. The summed E-state index contributed by atoms with van der Waals surface area (Å²) in [4.78, 5) is 12.9. The van der Waals surface area contributed by atoms with Gasteiger partial charge in [0.15, 0.2) is 16.5 Å². The predicted octanol–water partition coefficient (Wildman–Crippen LogP) is 2.26. The molecule has 0 bridgehead atoms. The molecule has 0 radical (unpaired) electrons. The molecule has 2 aromatic carbocycles. The van der Waals surface area contributed by atoms with Crippen LogP contribution in [0.25, 0.3) is 0 Å². The SMILES string of the molecule is COc1ccc(C(=O)N2CCN(S(=O)(=O)c3c(F)cccc3F)CC2)cc1F. The Hall–Kier alpha value is -2.59. The van der Waals surface area contributed by atoms with Gasteiger partial charge in [-0.1, -0.05) is 6.07 Å². The van der Waals surface area contributed by atoms with Gasteiger partial charge in [0.2, 0.25) is 10.0 Å². The van der Waals surface area contributed by atoms with Crippen molar-refractivity contribution < 1.29 is 31.1 Å². The van der Waals surface area contributed by atoms with Crippen LogP contribution in [0.3, 0.4) is 0 Å². The van der Waals surface area contributed by atoms with E-state index < -0.39 is 38.3 Å². The van der Waals surface area contributed by atoms with Crippen LogP contribution in [-0.2, 0) is 10.0 Å². The first-order valence-corrected chi connectivity index (χ1v) is 9.76. The van der Waals surface area contributed by atoms with Crippen LogP contribution in [0.1, 0.15) is 10.4 Å². The van der Waals surface area contributed by atoms with Crippen molar-refractivity contribution in [2.45, 2.75) is 4.90 Å². The summed E-state index contributed by atoms with van der Waals surface area (Å²) in [6, 6.07) is 6.58. The summed E-state index contributed by atoms with van der Waals surface area (Å²) < 4.78 is 72.4. The second-order valence-electron chi connectivity index (χ2n) is 6.10. The van der Waals surface area contributed by atoms with E-state index in [1.165, 1.54) is 24.1 Å². The van der Waals surface area contributed by atoms with Crippen molar-refractivity contribution in [1.82, 2.24) is 9.21 Å². The smallest absolute Gasteiger partial charge is 0.254 e. The minimum atomic E-state index is -4.38. The van der Waals surface area contributed by atoms with Gasteiger partial charge in [-0.05, 0) is 30.3 Å². The fourth-order valence-corrected chi connectivity index (χ4v) is 4.50. The highest BCUT2D eigenvalue weighted by atomic mass is 32.2. The third-order valence-corrected chi connectivity index (χ3v) is 6.39. The van der Waals surface area contributed by atoms with Crippen LogP contribution in [-0.4, -0.2) is 56.8 Å². The number of halogens is 3. The molecule has 0 unspecified atom stereocenters. The maximum absolute atomic E-state index is 13.9. The van der Waals surface area contributed by atoms with Crippen LogP contribution < -0.4 is 4.74 Å². The summed E-state index contributed by atoms with van der Waals surface area (Å²) in [7, 11) is -3.08. The summed E-state index contributed by atoms with van der Waals surface area (Å²) >= 11 is 0. The van der Waals surface area contributed by atoms with Crippen LogP contribution in [0, 0.1) is 17.5 Å². The Morgan fingerprint density at radius 2 is 1.57 bits per heavy atom. The number of carbonyl (C=O) groups is 1. The van der Waals surface area contributed by atoms with Gasteiger partial charge >= 0.3 is 0 Å². The van der Waals surface area contributed by atoms with E-state index in [4.69, 9.17) is 4.74 Å². The van der Waals surface area contributed by atoms with E-state index in [9.17, 15) is 26.4 Å². The molecule has 28 heavy (non-hydrogen) atoms. The zero-order chi connectivity index (χ0) is 20.5. The first-order valence-electron chi connectivity index (χ1n) is 8.32. The van der Waals surface area contributed by atoms with Crippen LogP contribution in [0.5, 0.6) is 5.75 Å². The third kappa shape index (κ3) is 3.69. The van der Waals surface area contributed by atoms with Crippen molar-refractivity contribution in [3.05, 3.63) is 59.4 Å². The second kappa shape index (κ2) is 7.80. The highest BCUT2D eigenvalue weighted by Crippen LogP contribution is 2.24. The molecule has 1 fully saturated rings. The molecule has 1 heterocycles. The molecular weight excluding hydrogens is 397 g/mol. The van der Waals surface area contributed by atoms with Gasteiger partial charge in [-0.15, -0.1) is 0 Å². The quantitative estimate of drug-likeness (QED) is 0.770. The Labute approximate surface area is 160 Å². The number of amides is 1. The molecule has 0 atom stereocenters. The lowest BCUT2D eigenvalue weighted by Gasteiger charge is -2.34. The van der Waals surface area contributed by atoms with Gasteiger partial charge in [0.05, 0.1) is 7.11 Å². The van der Waals surface area contributed by atoms with E-state index in [0.717, 1.165) is 28.6 Å². The van der Waals surface area contributed by atoms with Crippen molar-refractivity contribution in [3.8, 4) is 5.75 Å². The summed E-state index contributed by atoms with van der Waals surface area (Å²) in [6.07, 6.45) is 0. The van der Waals surface area contributed by atoms with E-state index >= 15 is 0 Å². The number of piperazine rings is 1. The molecule has 0 saturated carbocycles. The number of carbonyl (C=O) groups excluding carboxylic acids is 1. The van der Waals surface area contributed by atoms with Crippen LogP contribution in [0.15, 0.2) is 41.3 Å². The lowest BCUT2D eigenvalue weighted by atomic mass is 10.1. The molecular formula is C18H17F3N2O4S. The van der Waals surface area contributed by atoms with E-state index in [-0.39, 0.29) is 37.5 Å². The van der Waals surface area contributed by atoms with Crippen LogP contribution >= 0.6 is 0 Å². The molecule has 1 aliphatic rings. The molecule has 6 nitrogen and oxygen atoms in total. The molecule has 150 valence electrons. The zero-order valence-electron chi connectivity index (χ0n) is 14.9. The van der Waals surface area contributed by atoms with Crippen molar-refractivity contribution in [3.63, 3.8) is 0 Å². The molecule has 2 aromatic rings. The molecule has 1 aliphatic heterocycles. The molecule has 10 heteroatoms. The van der Waals surface area contributed by atoms with Crippen LogP contribution in [0.4, 0.5) is 13.2 Å². The number of benzene rings is 2. The number of hydrogen-bond acceptors (Lipinski definition) is 4. The molecule has 0 aromatic heterocycles. The highest BCUT2D eigenvalue weighted by molar-refractivity contribution is 7.89. The maximum atomic E-state index is 13.9. The van der Waals surface area contributed by atoms with E-state index in [1.54, 1.807) is 0 Å². The standard InChI is InChI=1S/C18H17F3N2O4S/c1-27-16-6-5-12(11-15(16)21)18(24)22-7-9-23(10-8-22)28(25,26)17-13(19)3-2-4-14(17)20/h2-6,11H,7-10H2,1H3. The van der Waals surface area contributed by atoms with E-state index in [2.05, 4.69) is 0 Å². The lowest BCUT2D eigenvalue weighted by molar-refractivity contribution is 0.0697. The average molecular weight is 414 g/mol. The molecule has 0 N–H and O–H groups in total. The fraction of sp³-hybridized carbons (Fsp3) is 0.278. The van der Waals surface area contributed by atoms with Crippen molar-refractivity contribution in [2.24, 2.45) is 0 Å². The second-order valence-corrected chi connectivity index (χ2v) is 7.97. The molecule has 1 amide bonds. The monoisotopic (exact) mass is 414 g/mol. The average Bonchev–Trinajstić information content (AvgIpc) is 2.67. The first-order chi connectivity index (χ1) is 13.3. The van der Waals surface area contributed by atoms with Gasteiger partial charge < -0.3 is 9.64 Å². The maximum Gasteiger partial charge on any atom is 0.254 e. The van der Waals surface area contributed by atoms with Crippen LogP contribution in [0.2, 0.25) is 0 Å².